The molecule has 0 aliphatic rings. The van der Waals surface area contributed by atoms with Gasteiger partial charge in [0, 0.05) is 13.1 Å². The molecule has 0 aliphatic carbocycles. The summed E-state index contributed by atoms with van der Waals surface area (Å²) in [6.45, 7) is 8.12. The molecule has 1 unspecified atom stereocenters. The minimum absolute atomic E-state index is 0.188. The fraction of sp³-hybridized carbons (Fsp3) is 0.562. The van der Waals surface area contributed by atoms with E-state index in [9.17, 15) is 5.11 Å². The van der Waals surface area contributed by atoms with Crippen molar-refractivity contribution in [1.29, 1.82) is 5.26 Å². The molecule has 0 aliphatic heterocycles. The highest BCUT2D eigenvalue weighted by Crippen LogP contribution is 2.17. The van der Waals surface area contributed by atoms with Crippen molar-refractivity contribution in [2.45, 2.75) is 26.9 Å². The Bertz CT molecular complexity index is 460. The van der Waals surface area contributed by atoms with Gasteiger partial charge in [0.15, 0.2) is 0 Å². The topological polar surface area (TPSA) is 56.5 Å². The van der Waals surface area contributed by atoms with Crippen LogP contribution in [-0.2, 0) is 0 Å². The van der Waals surface area contributed by atoms with E-state index in [1.807, 2.05) is 13.1 Å². The molecule has 0 radical (unpaired) electrons. The van der Waals surface area contributed by atoms with Gasteiger partial charge in [-0.2, -0.15) is 5.26 Å². The maximum atomic E-state index is 9.99. The van der Waals surface area contributed by atoms with Crippen molar-refractivity contribution in [3.05, 3.63) is 29.8 Å². The van der Waals surface area contributed by atoms with E-state index < -0.39 is 6.10 Å². The van der Waals surface area contributed by atoms with E-state index in [1.54, 1.807) is 18.2 Å². The summed E-state index contributed by atoms with van der Waals surface area (Å²) in [7, 11) is 1.98. The fourth-order valence-electron chi connectivity index (χ4n) is 2.16. The number of aliphatic hydroxyl groups is 1. The molecule has 0 saturated heterocycles. The van der Waals surface area contributed by atoms with Crippen LogP contribution in [0.5, 0.6) is 5.75 Å². The molecular weight excluding hydrogens is 252 g/mol. The maximum absolute atomic E-state index is 9.99. The quantitative estimate of drug-likeness (QED) is 0.866. The summed E-state index contributed by atoms with van der Waals surface area (Å²) in [5, 5.41) is 18.9. The molecule has 1 N–H and O–H groups in total. The largest absolute Gasteiger partial charge is 0.489 e. The van der Waals surface area contributed by atoms with Gasteiger partial charge in [0.25, 0.3) is 0 Å². The van der Waals surface area contributed by atoms with Gasteiger partial charge in [0.05, 0.1) is 5.56 Å². The number of rotatable bonds is 6. The normalized spacial score (nSPS) is 13.1. The number of likely N-dealkylation sites (N-methyl/N-ethyl adjacent to an activating group) is 1. The van der Waals surface area contributed by atoms with E-state index in [1.165, 1.54) is 0 Å². The van der Waals surface area contributed by atoms with E-state index in [2.05, 4.69) is 31.7 Å². The molecule has 20 heavy (non-hydrogen) atoms. The van der Waals surface area contributed by atoms with Crippen LogP contribution < -0.4 is 4.74 Å². The standard InChI is InChI=1S/C16H24N2O2/c1-16(2,3)12-18(4)10-14(19)11-20-15-8-6-5-7-13(15)9-17/h5-8,14,19H,10-12H2,1-4H3. The van der Waals surface area contributed by atoms with E-state index in [-0.39, 0.29) is 12.0 Å². The first-order chi connectivity index (χ1) is 9.31. The van der Waals surface area contributed by atoms with Crippen molar-refractivity contribution >= 4 is 0 Å². The van der Waals surface area contributed by atoms with E-state index in [0.717, 1.165) is 6.54 Å². The number of hydrogen-bond donors (Lipinski definition) is 1. The van der Waals surface area contributed by atoms with Crippen LogP contribution in [0.15, 0.2) is 24.3 Å². The predicted molar refractivity (Wildman–Crippen MR) is 79.6 cm³/mol. The minimum Gasteiger partial charge on any atom is -0.489 e. The number of nitrogens with zero attached hydrogens (tertiary/aromatic N) is 2. The van der Waals surface area contributed by atoms with Crippen LogP contribution in [0.2, 0.25) is 0 Å². The second-order valence-electron chi connectivity index (χ2n) is 6.33. The van der Waals surface area contributed by atoms with Crippen LogP contribution in [0.4, 0.5) is 0 Å². The first kappa shape index (κ1) is 16.5. The van der Waals surface area contributed by atoms with Crippen molar-refractivity contribution in [1.82, 2.24) is 4.90 Å². The first-order valence-corrected chi connectivity index (χ1v) is 6.80. The van der Waals surface area contributed by atoms with Crippen LogP contribution in [-0.4, -0.2) is 42.9 Å². The summed E-state index contributed by atoms with van der Waals surface area (Å²) in [5.41, 5.74) is 0.686. The van der Waals surface area contributed by atoms with Crippen molar-refractivity contribution in [3.63, 3.8) is 0 Å². The molecule has 0 saturated carbocycles. The summed E-state index contributed by atoms with van der Waals surface area (Å²) in [6.07, 6.45) is -0.575. The molecule has 1 aromatic carbocycles. The van der Waals surface area contributed by atoms with Gasteiger partial charge in [0.1, 0.15) is 24.5 Å². The molecule has 0 fully saturated rings. The molecule has 4 nitrogen and oxygen atoms in total. The Balaban J connectivity index is 2.44. The molecule has 1 atom stereocenters. The van der Waals surface area contributed by atoms with E-state index in [4.69, 9.17) is 10.00 Å². The molecule has 0 heterocycles. The van der Waals surface area contributed by atoms with Crippen molar-refractivity contribution in [2.24, 2.45) is 5.41 Å². The van der Waals surface area contributed by atoms with Crippen LogP contribution in [0.3, 0.4) is 0 Å². The smallest absolute Gasteiger partial charge is 0.137 e. The lowest BCUT2D eigenvalue weighted by molar-refractivity contribution is 0.0666. The van der Waals surface area contributed by atoms with Crippen LogP contribution in [0.25, 0.3) is 0 Å². The van der Waals surface area contributed by atoms with E-state index >= 15 is 0 Å². The highest BCUT2D eigenvalue weighted by atomic mass is 16.5. The third-order valence-corrected chi connectivity index (χ3v) is 2.71. The molecule has 0 bridgehead atoms. The first-order valence-electron chi connectivity index (χ1n) is 6.80. The fourth-order valence-corrected chi connectivity index (χ4v) is 2.16. The summed E-state index contributed by atoms with van der Waals surface area (Å²) in [5.74, 6) is 0.521. The highest BCUT2D eigenvalue weighted by Gasteiger charge is 2.16. The molecule has 0 spiro atoms. The zero-order valence-electron chi connectivity index (χ0n) is 12.8. The van der Waals surface area contributed by atoms with Gasteiger partial charge < -0.3 is 14.7 Å². The third kappa shape index (κ3) is 6.05. The molecule has 110 valence electrons. The Morgan fingerprint density at radius 2 is 2.00 bits per heavy atom. The number of hydrogen-bond acceptors (Lipinski definition) is 4. The Morgan fingerprint density at radius 3 is 2.60 bits per heavy atom. The van der Waals surface area contributed by atoms with Crippen molar-refractivity contribution in [3.8, 4) is 11.8 Å². The minimum atomic E-state index is -0.575. The Kier molecular flexibility index (Phi) is 6.00. The van der Waals surface area contributed by atoms with Gasteiger partial charge in [0.2, 0.25) is 0 Å². The molecule has 0 amide bonds. The van der Waals surface area contributed by atoms with Crippen LogP contribution in [0, 0.1) is 16.7 Å². The molecule has 1 aromatic rings. The molecule has 4 heteroatoms. The Labute approximate surface area is 121 Å². The van der Waals surface area contributed by atoms with Gasteiger partial charge >= 0.3 is 0 Å². The SMILES string of the molecule is CN(CC(O)COc1ccccc1C#N)CC(C)(C)C. The summed E-state index contributed by atoms with van der Waals surface area (Å²) < 4.78 is 5.52. The number of para-hydroxylation sites is 1. The number of ether oxygens (including phenoxy) is 1. The number of aliphatic hydroxyl groups excluding tert-OH is 1. The lowest BCUT2D eigenvalue weighted by atomic mass is 9.96. The van der Waals surface area contributed by atoms with Crippen molar-refractivity contribution < 1.29 is 9.84 Å². The summed E-state index contributed by atoms with van der Waals surface area (Å²) >= 11 is 0. The van der Waals surface area contributed by atoms with Crippen molar-refractivity contribution in [2.75, 3.05) is 26.7 Å². The Hall–Kier alpha value is -1.57. The number of nitriles is 1. The average molecular weight is 276 g/mol. The van der Waals surface area contributed by atoms with Crippen LogP contribution in [0.1, 0.15) is 26.3 Å². The zero-order chi connectivity index (χ0) is 15.2. The summed E-state index contributed by atoms with van der Waals surface area (Å²) in [4.78, 5) is 2.09. The monoisotopic (exact) mass is 276 g/mol. The lowest BCUT2D eigenvalue weighted by Gasteiger charge is -2.28. The van der Waals surface area contributed by atoms with Gasteiger partial charge in [-0.3, -0.25) is 0 Å². The second kappa shape index (κ2) is 7.28. The zero-order valence-corrected chi connectivity index (χ0v) is 12.8. The lowest BCUT2D eigenvalue weighted by Crippen LogP contribution is -2.37. The van der Waals surface area contributed by atoms with Gasteiger partial charge in [-0.15, -0.1) is 0 Å². The molecular formula is C16H24N2O2. The average Bonchev–Trinajstić information content (AvgIpc) is 2.34. The predicted octanol–water partition coefficient (Wildman–Crippen LogP) is 2.28. The van der Waals surface area contributed by atoms with Crippen LogP contribution >= 0.6 is 0 Å². The van der Waals surface area contributed by atoms with Gasteiger partial charge in [-0.05, 0) is 24.6 Å². The number of benzene rings is 1. The Morgan fingerprint density at radius 1 is 1.35 bits per heavy atom. The molecule has 0 aromatic heterocycles. The highest BCUT2D eigenvalue weighted by molar-refractivity contribution is 5.42. The van der Waals surface area contributed by atoms with E-state index in [0.29, 0.717) is 17.9 Å². The van der Waals surface area contributed by atoms with Gasteiger partial charge in [-0.25, -0.2) is 0 Å². The maximum Gasteiger partial charge on any atom is 0.137 e. The molecule has 1 rings (SSSR count). The summed E-state index contributed by atoms with van der Waals surface area (Å²) in [6, 6.07) is 9.12. The third-order valence-electron chi connectivity index (χ3n) is 2.71. The van der Waals surface area contributed by atoms with Gasteiger partial charge in [-0.1, -0.05) is 32.9 Å². The second-order valence-corrected chi connectivity index (χ2v) is 6.33.